The Morgan fingerprint density at radius 2 is 0.776 bits per heavy atom. The van der Waals surface area contributed by atoms with Crippen LogP contribution >= 0.6 is 0 Å². The average Bonchev–Trinajstić information content (AvgIpc) is 3.83. The normalized spacial score (nSPS) is 12.8. The first kappa shape index (κ1) is 33.9. The number of fused-ring (bicyclic) bond motifs is 5. The molecule has 1 heterocycles. The molecule has 0 N–H and O–H groups in total. The van der Waals surface area contributed by atoms with E-state index in [1.54, 1.807) is 0 Å². The maximum atomic E-state index is 4.80. The van der Waals surface area contributed by atoms with Crippen LogP contribution in [0.3, 0.4) is 0 Å². The fourth-order valence-electron chi connectivity index (χ4n) is 9.31. The summed E-state index contributed by atoms with van der Waals surface area (Å²) in [4.78, 5) is 0. The number of rotatable bonds is 6. The van der Waals surface area contributed by atoms with Gasteiger partial charge in [-0.3, -0.25) is 4.57 Å². The largest absolute Gasteiger partial charge is 0.275 e. The zero-order valence-electron chi connectivity index (χ0n) is 32.4. The maximum absolute atomic E-state index is 4.80. The summed E-state index contributed by atoms with van der Waals surface area (Å²) >= 11 is 0. The van der Waals surface area contributed by atoms with Crippen molar-refractivity contribution < 1.29 is 0 Å². The molecule has 0 unspecified atom stereocenters. The Kier molecular flexibility index (Phi) is 7.84. The second-order valence-corrected chi connectivity index (χ2v) is 15.8. The van der Waals surface area contributed by atoms with E-state index in [4.69, 9.17) is 10.2 Å². The molecule has 9 aromatic carbocycles. The smallest absolute Gasteiger partial charge is 0.168 e. The van der Waals surface area contributed by atoms with E-state index in [9.17, 15) is 0 Å². The van der Waals surface area contributed by atoms with Crippen molar-refractivity contribution in [2.24, 2.45) is 0 Å². The lowest BCUT2D eigenvalue weighted by Crippen LogP contribution is -2.14. The van der Waals surface area contributed by atoms with E-state index in [1.165, 1.54) is 71.6 Å². The van der Waals surface area contributed by atoms with Gasteiger partial charge in [-0.05, 0) is 101 Å². The zero-order chi connectivity index (χ0) is 38.8. The topological polar surface area (TPSA) is 30.7 Å². The molecule has 3 nitrogen and oxygen atoms in total. The summed E-state index contributed by atoms with van der Waals surface area (Å²) in [6, 6.07) is 72.3. The van der Waals surface area contributed by atoms with E-state index in [2.05, 4.69) is 194 Å². The first-order chi connectivity index (χ1) is 28.5. The maximum Gasteiger partial charge on any atom is 0.168 e. The van der Waals surface area contributed by atoms with E-state index in [-0.39, 0.29) is 5.41 Å². The van der Waals surface area contributed by atoms with Gasteiger partial charge in [0, 0.05) is 22.2 Å². The molecular formula is C55H39N3. The van der Waals surface area contributed by atoms with Crippen LogP contribution in [-0.2, 0) is 5.41 Å². The lowest BCUT2D eigenvalue weighted by molar-refractivity contribution is 0.661. The summed E-state index contributed by atoms with van der Waals surface area (Å²) in [5.74, 6) is 1.62. The van der Waals surface area contributed by atoms with Crippen molar-refractivity contribution in [3.8, 4) is 73.0 Å². The van der Waals surface area contributed by atoms with Crippen LogP contribution in [-0.4, -0.2) is 14.8 Å². The molecule has 0 atom stereocenters. The Balaban J connectivity index is 1.14. The average molecular weight is 742 g/mol. The van der Waals surface area contributed by atoms with Gasteiger partial charge in [0.05, 0.1) is 0 Å². The van der Waals surface area contributed by atoms with Crippen LogP contribution < -0.4 is 0 Å². The number of para-hydroxylation sites is 1. The molecule has 0 spiro atoms. The quantitative estimate of drug-likeness (QED) is 0.159. The molecule has 3 heteroatoms. The number of nitrogens with zero attached hydrogens (tertiary/aromatic N) is 3. The molecule has 0 amide bonds. The number of aromatic nitrogens is 3. The second kappa shape index (κ2) is 13.4. The molecule has 1 aromatic heterocycles. The summed E-state index contributed by atoms with van der Waals surface area (Å²) in [6.07, 6.45) is 0. The van der Waals surface area contributed by atoms with Crippen molar-refractivity contribution in [2.45, 2.75) is 19.3 Å². The van der Waals surface area contributed by atoms with Gasteiger partial charge in [0.25, 0.3) is 0 Å². The summed E-state index contributed by atoms with van der Waals surface area (Å²) in [7, 11) is 0. The molecule has 0 saturated heterocycles. The van der Waals surface area contributed by atoms with Crippen LogP contribution in [0.25, 0.3) is 94.5 Å². The minimum Gasteiger partial charge on any atom is -0.275 e. The summed E-state index contributed by atoms with van der Waals surface area (Å²) in [5, 5.41) is 14.5. The predicted octanol–water partition coefficient (Wildman–Crippen LogP) is 14.2. The molecule has 1 aliphatic carbocycles. The van der Waals surface area contributed by atoms with Crippen molar-refractivity contribution in [1.29, 1.82) is 0 Å². The van der Waals surface area contributed by atoms with Crippen LogP contribution in [0.5, 0.6) is 0 Å². The highest BCUT2D eigenvalue weighted by Crippen LogP contribution is 2.53. The van der Waals surface area contributed by atoms with Crippen LogP contribution in [0, 0.1) is 0 Å². The molecule has 1 aliphatic rings. The van der Waals surface area contributed by atoms with Gasteiger partial charge < -0.3 is 0 Å². The molecule has 274 valence electrons. The van der Waals surface area contributed by atoms with Crippen molar-refractivity contribution in [2.75, 3.05) is 0 Å². The van der Waals surface area contributed by atoms with Gasteiger partial charge in [-0.1, -0.05) is 190 Å². The fourth-order valence-corrected chi connectivity index (χ4v) is 9.31. The third kappa shape index (κ3) is 5.35. The van der Waals surface area contributed by atoms with Gasteiger partial charge in [0.1, 0.15) is 0 Å². The van der Waals surface area contributed by atoms with E-state index < -0.39 is 0 Å². The highest BCUT2D eigenvalue weighted by Gasteiger charge is 2.36. The van der Waals surface area contributed by atoms with Gasteiger partial charge in [0.2, 0.25) is 0 Å². The minimum absolute atomic E-state index is 0.130. The monoisotopic (exact) mass is 741 g/mol. The van der Waals surface area contributed by atoms with Gasteiger partial charge >= 0.3 is 0 Å². The number of hydrogen-bond donors (Lipinski definition) is 0. The van der Waals surface area contributed by atoms with Crippen molar-refractivity contribution in [1.82, 2.24) is 14.8 Å². The Bertz CT molecular complexity index is 3140. The molecule has 10 aromatic rings. The number of benzene rings is 9. The molecule has 11 rings (SSSR count). The molecule has 0 fully saturated rings. The molecule has 0 bridgehead atoms. The highest BCUT2D eigenvalue weighted by atomic mass is 15.3. The molecule has 58 heavy (non-hydrogen) atoms. The van der Waals surface area contributed by atoms with Gasteiger partial charge in [0.15, 0.2) is 11.6 Å². The Morgan fingerprint density at radius 1 is 0.345 bits per heavy atom. The van der Waals surface area contributed by atoms with Gasteiger partial charge in [-0.2, -0.15) is 0 Å². The van der Waals surface area contributed by atoms with Crippen molar-refractivity contribution in [3.63, 3.8) is 0 Å². The van der Waals surface area contributed by atoms with Crippen LogP contribution in [0.1, 0.15) is 25.0 Å². The Labute approximate surface area is 338 Å². The van der Waals surface area contributed by atoms with Crippen LogP contribution in [0.2, 0.25) is 0 Å². The lowest BCUT2D eigenvalue weighted by atomic mass is 9.79. The van der Waals surface area contributed by atoms with Crippen LogP contribution in [0.15, 0.2) is 200 Å². The summed E-state index contributed by atoms with van der Waals surface area (Å²) in [5.41, 5.74) is 15.6. The lowest BCUT2D eigenvalue weighted by Gasteiger charge is -2.24. The summed E-state index contributed by atoms with van der Waals surface area (Å²) < 4.78 is 2.16. The fraction of sp³-hybridized carbons (Fsp3) is 0.0545. The van der Waals surface area contributed by atoms with E-state index in [1.807, 2.05) is 24.3 Å². The molecule has 0 radical (unpaired) electrons. The van der Waals surface area contributed by atoms with Gasteiger partial charge in [-0.25, -0.2) is 0 Å². The first-order valence-electron chi connectivity index (χ1n) is 20.0. The van der Waals surface area contributed by atoms with E-state index >= 15 is 0 Å². The third-order valence-electron chi connectivity index (χ3n) is 12.1. The van der Waals surface area contributed by atoms with Crippen molar-refractivity contribution in [3.05, 3.63) is 211 Å². The van der Waals surface area contributed by atoms with E-state index in [0.717, 1.165) is 34.0 Å². The predicted molar refractivity (Wildman–Crippen MR) is 241 cm³/mol. The van der Waals surface area contributed by atoms with E-state index in [0.29, 0.717) is 0 Å². The second-order valence-electron chi connectivity index (χ2n) is 15.8. The Hall–Kier alpha value is -7.36. The zero-order valence-corrected chi connectivity index (χ0v) is 32.4. The molecule has 0 aliphatic heterocycles. The van der Waals surface area contributed by atoms with Crippen molar-refractivity contribution >= 4 is 21.5 Å². The summed E-state index contributed by atoms with van der Waals surface area (Å²) in [6.45, 7) is 4.74. The highest BCUT2D eigenvalue weighted by molar-refractivity contribution is 6.22. The van der Waals surface area contributed by atoms with Crippen LogP contribution in [0.4, 0.5) is 0 Å². The minimum atomic E-state index is -0.130. The third-order valence-corrected chi connectivity index (χ3v) is 12.1. The molecular weight excluding hydrogens is 703 g/mol. The SMILES string of the molecule is CC1(C)c2ccccc2-c2cc3c(-c4ccc(-c5nnc(-c6ccccc6)n5-c5ccccc5)cc4)c4ccccc4c(-c4ccc(-c5ccccc5)cc4)c3cc21. The Morgan fingerprint density at radius 3 is 1.38 bits per heavy atom. The number of hydrogen-bond acceptors (Lipinski definition) is 2. The standard InChI is InChI=1S/C55H39N3/c1-55(2)49-25-15-14-22-43(49)46-34-47-48(35-50(46)55)52(38-28-26-37(27-29-38)36-16-6-3-7-17-36)45-24-13-12-23-44(45)51(47)39-30-32-41(33-31-39)54-57-56-53(40-18-8-4-9-19-40)58(54)42-20-10-5-11-21-42/h3-35H,1-2H3. The first-order valence-corrected chi connectivity index (χ1v) is 20.0. The molecule has 0 saturated carbocycles. The van der Waals surface area contributed by atoms with Gasteiger partial charge in [-0.15, -0.1) is 10.2 Å².